The molecule has 0 amide bonds. The highest BCUT2D eigenvalue weighted by molar-refractivity contribution is 5.76. The second-order valence-electron chi connectivity index (χ2n) is 4.12. The molecule has 16 heavy (non-hydrogen) atoms. The van der Waals surface area contributed by atoms with Crippen LogP contribution in [0.2, 0.25) is 0 Å². The summed E-state index contributed by atoms with van der Waals surface area (Å²) in [5, 5.41) is 18.0. The van der Waals surface area contributed by atoms with Gasteiger partial charge in [0.05, 0.1) is 5.92 Å². The molecular weight excluding hydrogens is 204 g/mol. The highest BCUT2D eigenvalue weighted by atomic mass is 16.4. The Kier molecular flexibility index (Phi) is 4.07. The quantitative estimate of drug-likeness (QED) is 0.820. The summed E-state index contributed by atoms with van der Waals surface area (Å²) in [5.74, 6) is -1.48. The fourth-order valence-electron chi connectivity index (χ4n) is 1.90. The smallest absolute Gasteiger partial charge is 0.311 e. The van der Waals surface area contributed by atoms with E-state index in [4.69, 9.17) is 10.2 Å². The molecule has 88 valence electrons. The van der Waals surface area contributed by atoms with Gasteiger partial charge in [0.25, 0.3) is 0 Å². The molecule has 0 heterocycles. The zero-order valence-corrected chi connectivity index (χ0v) is 9.95. The first kappa shape index (κ1) is 12.7. The third-order valence-electron chi connectivity index (χ3n) is 3.19. The van der Waals surface area contributed by atoms with Crippen LogP contribution in [-0.2, 0) is 4.79 Å². The van der Waals surface area contributed by atoms with Crippen molar-refractivity contribution in [3.8, 4) is 0 Å². The van der Waals surface area contributed by atoms with Gasteiger partial charge >= 0.3 is 5.97 Å². The number of aryl methyl sites for hydroxylation is 1. The van der Waals surface area contributed by atoms with Gasteiger partial charge in [0.15, 0.2) is 0 Å². The van der Waals surface area contributed by atoms with E-state index in [-0.39, 0.29) is 13.0 Å². The summed E-state index contributed by atoms with van der Waals surface area (Å²) in [5.41, 5.74) is 4.11. The maximum absolute atomic E-state index is 11.1. The molecule has 0 fully saturated rings. The van der Waals surface area contributed by atoms with Gasteiger partial charge in [-0.25, -0.2) is 0 Å². The molecular formula is C13H18O3. The van der Waals surface area contributed by atoms with Crippen LogP contribution in [0.5, 0.6) is 0 Å². The molecule has 3 nitrogen and oxygen atoms in total. The van der Waals surface area contributed by atoms with Gasteiger partial charge in [-0.05, 0) is 49.4 Å². The Morgan fingerprint density at radius 1 is 1.25 bits per heavy atom. The summed E-state index contributed by atoms with van der Waals surface area (Å²) in [6.45, 7) is 5.83. The van der Waals surface area contributed by atoms with E-state index in [2.05, 4.69) is 0 Å². The summed E-state index contributed by atoms with van der Waals surface area (Å²) >= 11 is 0. The SMILES string of the molecule is Cc1ccc(C(CCO)C(=O)O)c(C)c1C. The number of rotatable bonds is 4. The minimum atomic E-state index is -0.875. The van der Waals surface area contributed by atoms with Crippen molar-refractivity contribution in [2.75, 3.05) is 6.61 Å². The molecule has 1 unspecified atom stereocenters. The number of carbonyl (C=O) groups is 1. The second kappa shape index (κ2) is 5.12. The number of carboxylic acid groups (broad SMARTS) is 1. The molecule has 0 aliphatic heterocycles. The van der Waals surface area contributed by atoms with E-state index in [0.29, 0.717) is 0 Å². The highest BCUT2D eigenvalue weighted by Crippen LogP contribution is 2.26. The molecule has 1 aromatic rings. The van der Waals surface area contributed by atoms with Crippen molar-refractivity contribution in [1.29, 1.82) is 0 Å². The molecule has 0 radical (unpaired) electrons. The van der Waals surface area contributed by atoms with Crippen molar-refractivity contribution >= 4 is 5.97 Å². The first-order valence-electron chi connectivity index (χ1n) is 5.39. The lowest BCUT2D eigenvalue weighted by molar-refractivity contribution is -0.139. The Hall–Kier alpha value is -1.35. The van der Waals surface area contributed by atoms with Crippen LogP contribution in [0.4, 0.5) is 0 Å². The van der Waals surface area contributed by atoms with E-state index in [9.17, 15) is 4.79 Å². The average Bonchev–Trinajstić information content (AvgIpc) is 2.24. The van der Waals surface area contributed by atoms with Crippen LogP contribution >= 0.6 is 0 Å². The fraction of sp³-hybridized carbons (Fsp3) is 0.462. The van der Waals surface area contributed by atoms with E-state index in [0.717, 1.165) is 22.3 Å². The van der Waals surface area contributed by atoms with Gasteiger partial charge in [0.1, 0.15) is 0 Å². The number of benzene rings is 1. The van der Waals surface area contributed by atoms with Gasteiger partial charge in [-0.3, -0.25) is 4.79 Å². The van der Waals surface area contributed by atoms with Gasteiger partial charge in [-0.2, -0.15) is 0 Å². The largest absolute Gasteiger partial charge is 0.481 e. The highest BCUT2D eigenvalue weighted by Gasteiger charge is 2.21. The zero-order chi connectivity index (χ0) is 12.3. The molecule has 1 rings (SSSR count). The Morgan fingerprint density at radius 2 is 1.88 bits per heavy atom. The van der Waals surface area contributed by atoms with Gasteiger partial charge in [-0.15, -0.1) is 0 Å². The number of hydrogen-bond acceptors (Lipinski definition) is 2. The average molecular weight is 222 g/mol. The van der Waals surface area contributed by atoms with Gasteiger partial charge in [0.2, 0.25) is 0 Å². The summed E-state index contributed by atoms with van der Waals surface area (Å²) in [4.78, 5) is 11.1. The van der Waals surface area contributed by atoms with Crippen molar-refractivity contribution in [3.05, 3.63) is 34.4 Å². The van der Waals surface area contributed by atoms with Crippen LogP contribution in [0, 0.1) is 20.8 Å². The lowest BCUT2D eigenvalue weighted by atomic mass is 9.88. The number of hydrogen-bond donors (Lipinski definition) is 2. The molecule has 0 saturated heterocycles. The van der Waals surface area contributed by atoms with Gasteiger partial charge in [-0.1, -0.05) is 12.1 Å². The maximum Gasteiger partial charge on any atom is 0.311 e. The lowest BCUT2D eigenvalue weighted by Crippen LogP contribution is -2.15. The maximum atomic E-state index is 11.1. The molecule has 0 spiro atoms. The first-order valence-corrected chi connectivity index (χ1v) is 5.39. The summed E-state index contributed by atoms with van der Waals surface area (Å²) < 4.78 is 0. The van der Waals surface area contributed by atoms with Crippen LogP contribution in [0.3, 0.4) is 0 Å². The Morgan fingerprint density at radius 3 is 2.38 bits per heavy atom. The van der Waals surface area contributed by atoms with E-state index in [1.807, 2.05) is 32.9 Å². The van der Waals surface area contributed by atoms with E-state index in [1.165, 1.54) is 0 Å². The number of aliphatic carboxylic acids is 1. The van der Waals surface area contributed by atoms with Crippen LogP contribution < -0.4 is 0 Å². The van der Waals surface area contributed by atoms with E-state index in [1.54, 1.807) is 0 Å². The van der Waals surface area contributed by atoms with Crippen LogP contribution in [-0.4, -0.2) is 22.8 Å². The Balaban J connectivity index is 3.20. The number of carboxylic acids is 1. The monoisotopic (exact) mass is 222 g/mol. The van der Waals surface area contributed by atoms with Crippen LogP contribution in [0.15, 0.2) is 12.1 Å². The molecule has 1 atom stereocenters. The Bertz CT molecular complexity index is 396. The van der Waals surface area contributed by atoms with E-state index >= 15 is 0 Å². The predicted octanol–water partition coefficient (Wildman–Crippen LogP) is 2.16. The normalized spacial score (nSPS) is 12.5. The van der Waals surface area contributed by atoms with Crippen molar-refractivity contribution < 1.29 is 15.0 Å². The molecule has 0 bridgehead atoms. The third kappa shape index (κ3) is 2.42. The molecule has 0 aliphatic carbocycles. The summed E-state index contributed by atoms with van der Waals surface area (Å²) in [6.07, 6.45) is 0.263. The second-order valence-corrected chi connectivity index (χ2v) is 4.12. The molecule has 0 saturated carbocycles. The van der Waals surface area contributed by atoms with E-state index < -0.39 is 11.9 Å². The Labute approximate surface area is 95.7 Å². The van der Waals surface area contributed by atoms with Crippen molar-refractivity contribution in [2.24, 2.45) is 0 Å². The molecule has 3 heteroatoms. The standard InChI is InChI=1S/C13H18O3/c1-8-4-5-11(10(3)9(8)2)12(6-7-14)13(15)16/h4-5,12,14H,6-7H2,1-3H3,(H,15,16). The zero-order valence-electron chi connectivity index (χ0n) is 9.95. The number of aliphatic hydroxyl groups is 1. The minimum absolute atomic E-state index is 0.108. The van der Waals surface area contributed by atoms with Crippen molar-refractivity contribution in [2.45, 2.75) is 33.1 Å². The molecule has 2 N–H and O–H groups in total. The van der Waals surface area contributed by atoms with Gasteiger partial charge < -0.3 is 10.2 Å². The predicted molar refractivity (Wildman–Crippen MR) is 62.7 cm³/mol. The van der Waals surface area contributed by atoms with Gasteiger partial charge in [0, 0.05) is 6.61 Å². The fourth-order valence-corrected chi connectivity index (χ4v) is 1.90. The third-order valence-corrected chi connectivity index (χ3v) is 3.19. The van der Waals surface area contributed by atoms with Crippen molar-refractivity contribution in [1.82, 2.24) is 0 Å². The first-order chi connectivity index (χ1) is 7.49. The molecule has 0 aliphatic rings. The number of aliphatic hydroxyl groups excluding tert-OH is 1. The topological polar surface area (TPSA) is 57.5 Å². The summed E-state index contributed by atoms with van der Waals surface area (Å²) in [6, 6.07) is 3.79. The van der Waals surface area contributed by atoms with Crippen LogP contribution in [0.1, 0.15) is 34.6 Å². The molecule has 0 aromatic heterocycles. The minimum Gasteiger partial charge on any atom is -0.481 e. The summed E-state index contributed by atoms with van der Waals surface area (Å²) in [7, 11) is 0. The molecule has 1 aromatic carbocycles. The van der Waals surface area contributed by atoms with Crippen molar-refractivity contribution in [3.63, 3.8) is 0 Å². The lowest BCUT2D eigenvalue weighted by Gasteiger charge is -2.17. The van der Waals surface area contributed by atoms with Crippen LogP contribution in [0.25, 0.3) is 0 Å².